The van der Waals surface area contributed by atoms with E-state index in [1.54, 1.807) is 13.2 Å². The van der Waals surface area contributed by atoms with E-state index in [4.69, 9.17) is 4.74 Å². The standard InChI is InChI=1S/C12H18O2/c1-3-12(13)7-9-4-5-11(12)10(6-9)8-14-2/h3,8-9,11,13H,1,4-7H2,2H3/b10-8-/t9-,11+,12-/m1/s1. The van der Waals surface area contributed by atoms with Crippen LogP contribution in [0.1, 0.15) is 25.7 Å². The number of ether oxygens (including phenoxy) is 1. The van der Waals surface area contributed by atoms with Crippen molar-refractivity contribution in [3.05, 3.63) is 24.5 Å². The Hall–Kier alpha value is -0.760. The SMILES string of the molecule is C=C[C@@]1(O)C[C@@H]2CC[C@H]1/C(=C\OC)C2. The summed E-state index contributed by atoms with van der Waals surface area (Å²) in [5, 5.41) is 10.4. The summed E-state index contributed by atoms with van der Waals surface area (Å²) in [4.78, 5) is 0. The van der Waals surface area contributed by atoms with Crippen molar-refractivity contribution in [3.63, 3.8) is 0 Å². The number of methoxy groups -OCH3 is 1. The smallest absolute Gasteiger partial charge is 0.0894 e. The van der Waals surface area contributed by atoms with E-state index in [2.05, 4.69) is 6.58 Å². The second kappa shape index (κ2) is 3.43. The quantitative estimate of drug-likeness (QED) is 0.539. The molecule has 0 aromatic rings. The van der Waals surface area contributed by atoms with E-state index in [-0.39, 0.29) is 5.92 Å². The Morgan fingerprint density at radius 2 is 2.36 bits per heavy atom. The molecule has 3 rings (SSSR count). The van der Waals surface area contributed by atoms with Gasteiger partial charge in [-0.3, -0.25) is 0 Å². The molecule has 0 saturated heterocycles. The highest BCUT2D eigenvalue weighted by atomic mass is 16.5. The van der Waals surface area contributed by atoms with Crippen molar-refractivity contribution in [2.24, 2.45) is 11.8 Å². The highest BCUT2D eigenvalue weighted by molar-refractivity contribution is 5.23. The van der Waals surface area contributed by atoms with E-state index in [9.17, 15) is 5.11 Å². The first-order valence-electron chi connectivity index (χ1n) is 5.27. The summed E-state index contributed by atoms with van der Waals surface area (Å²) in [5.41, 5.74) is 0.586. The fraction of sp³-hybridized carbons (Fsp3) is 0.667. The molecule has 3 aliphatic rings. The minimum atomic E-state index is -0.675. The molecule has 1 N–H and O–H groups in total. The fourth-order valence-electron chi connectivity index (χ4n) is 3.02. The molecule has 0 aromatic heterocycles. The Morgan fingerprint density at radius 1 is 1.57 bits per heavy atom. The number of rotatable bonds is 2. The molecule has 2 bridgehead atoms. The lowest BCUT2D eigenvalue weighted by molar-refractivity contribution is -0.0336. The van der Waals surface area contributed by atoms with Crippen molar-refractivity contribution in [3.8, 4) is 0 Å². The van der Waals surface area contributed by atoms with Gasteiger partial charge in [0.2, 0.25) is 0 Å². The first-order valence-corrected chi connectivity index (χ1v) is 5.27. The molecule has 3 aliphatic carbocycles. The van der Waals surface area contributed by atoms with Crippen molar-refractivity contribution in [2.75, 3.05) is 7.11 Å². The van der Waals surface area contributed by atoms with Gasteiger partial charge in [0.1, 0.15) is 0 Å². The first kappa shape index (κ1) is 9.78. The lowest BCUT2D eigenvalue weighted by Crippen LogP contribution is -2.47. The molecular weight excluding hydrogens is 176 g/mol. The molecule has 3 saturated carbocycles. The maximum atomic E-state index is 10.4. The van der Waals surface area contributed by atoms with Gasteiger partial charge in [-0.15, -0.1) is 6.58 Å². The molecule has 0 spiro atoms. The van der Waals surface area contributed by atoms with Gasteiger partial charge in [0.05, 0.1) is 19.0 Å². The number of hydrogen-bond acceptors (Lipinski definition) is 2. The van der Waals surface area contributed by atoms with Gasteiger partial charge in [0, 0.05) is 5.92 Å². The van der Waals surface area contributed by atoms with Gasteiger partial charge in [0.15, 0.2) is 0 Å². The topological polar surface area (TPSA) is 29.5 Å². The molecule has 3 atom stereocenters. The lowest BCUT2D eigenvalue weighted by atomic mass is 9.60. The van der Waals surface area contributed by atoms with Gasteiger partial charge in [0.25, 0.3) is 0 Å². The molecule has 0 radical (unpaired) electrons. The Kier molecular flexibility index (Phi) is 2.40. The molecule has 0 aromatic carbocycles. The summed E-state index contributed by atoms with van der Waals surface area (Å²) in [7, 11) is 1.67. The molecule has 0 heterocycles. The zero-order valence-corrected chi connectivity index (χ0v) is 8.70. The van der Waals surface area contributed by atoms with Crippen molar-refractivity contribution < 1.29 is 9.84 Å². The Morgan fingerprint density at radius 3 is 2.93 bits per heavy atom. The average Bonchev–Trinajstić information content (AvgIpc) is 2.19. The summed E-state index contributed by atoms with van der Waals surface area (Å²) in [5.74, 6) is 0.856. The van der Waals surface area contributed by atoms with Gasteiger partial charge >= 0.3 is 0 Å². The summed E-state index contributed by atoms with van der Waals surface area (Å²) in [6, 6.07) is 0. The van der Waals surface area contributed by atoms with Gasteiger partial charge in [-0.2, -0.15) is 0 Å². The van der Waals surface area contributed by atoms with Crippen molar-refractivity contribution in [1.29, 1.82) is 0 Å². The molecule has 0 unspecified atom stereocenters. The Labute approximate surface area is 85.3 Å². The van der Waals surface area contributed by atoms with Crippen LogP contribution in [0.2, 0.25) is 0 Å². The first-order chi connectivity index (χ1) is 6.69. The highest BCUT2D eigenvalue weighted by Gasteiger charge is 2.46. The Bertz CT molecular complexity index is 269. The van der Waals surface area contributed by atoms with Crippen molar-refractivity contribution in [1.82, 2.24) is 0 Å². The van der Waals surface area contributed by atoms with Crippen LogP contribution >= 0.6 is 0 Å². The van der Waals surface area contributed by atoms with E-state index >= 15 is 0 Å². The van der Waals surface area contributed by atoms with Gasteiger partial charge in [-0.05, 0) is 37.2 Å². The third-order valence-corrected chi connectivity index (χ3v) is 3.68. The maximum Gasteiger partial charge on any atom is 0.0894 e. The molecular formula is C12H18O2. The molecule has 14 heavy (non-hydrogen) atoms. The van der Waals surface area contributed by atoms with Crippen molar-refractivity contribution in [2.45, 2.75) is 31.3 Å². The average molecular weight is 194 g/mol. The minimum absolute atomic E-state index is 0.241. The molecule has 0 aliphatic heterocycles. The summed E-state index contributed by atoms with van der Waals surface area (Å²) in [6.45, 7) is 3.75. The van der Waals surface area contributed by atoms with Crippen LogP contribution in [0.15, 0.2) is 24.5 Å². The summed E-state index contributed by atoms with van der Waals surface area (Å²) >= 11 is 0. The van der Waals surface area contributed by atoms with Crippen LogP contribution in [-0.2, 0) is 4.74 Å². The number of aliphatic hydroxyl groups is 1. The van der Waals surface area contributed by atoms with Crippen molar-refractivity contribution >= 4 is 0 Å². The largest absolute Gasteiger partial charge is 0.504 e. The second-order valence-electron chi connectivity index (χ2n) is 4.53. The summed E-state index contributed by atoms with van der Waals surface area (Å²) in [6.07, 6.45) is 7.80. The Balaban J connectivity index is 2.27. The lowest BCUT2D eigenvalue weighted by Gasteiger charge is -2.48. The van der Waals surface area contributed by atoms with Gasteiger partial charge in [-0.25, -0.2) is 0 Å². The van der Waals surface area contributed by atoms with Crippen LogP contribution < -0.4 is 0 Å². The minimum Gasteiger partial charge on any atom is -0.504 e. The van der Waals surface area contributed by atoms with Crippen LogP contribution in [0, 0.1) is 11.8 Å². The predicted octanol–water partition coefficient (Wildman–Crippen LogP) is 2.25. The van der Waals surface area contributed by atoms with E-state index < -0.39 is 5.60 Å². The summed E-state index contributed by atoms with van der Waals surface area (Å²) < 4.78 is 5.06. The normalized spacial score (nSPS) is 44.0. The van der Waals surface area contributed by atoms with Gasteiger partial charge in [-0.1, -0.05) is 6.08 Å². The second-order valence-corrected chi connectivity index (χ2v) is 4.53. The molecule has 2 heteroatoms. The highest BCUT2D eigenvalue weighted by Crippen LogP contribution is 2.50. The fourth-order valence-corrected chi connectivity index (χ4v) is 3.02. The molecule has 3 fully saturated rings. The molecule has 2 nitrogen and oxygen atoms in total. The van der Waals surface area contributed by atoms with E-state index in [1.165, 1.54) is 12.0 Å². The maximum absolute atomic E-state index is 10.4. The van der Waals surface area contributed by atoms with E-state index in [1.807, 2.05) is 6.26 Å². The zero-order chi connectivity index (χ0) is 10.2. The predicted molar refractivity (Wildman–Crippen MR) is 55.7 cm³/mol. The van der Waals surface area contributed by atoms with E-state index in [0.29, 0.717) is 5.92 Å². The van der Waals surface area contributed by atoms with Crippen LogP contribution in [0.25, 0.3) is 0 Å². The number of hydrogen-bond donors (Lipinski definition) is 1. The van der Waals surface area contributed by atoms with E-state index in [0.717, 1.165) is 19.3 Å². The van der Waals surface area contributed by atoms with Crippen LogP contribution in [-0.4, -0.2) is 17.8 Å². The third kappa shape index (κ3) is 1.38. The van der Waals surface area contributed by atoms with Crippen LogP contribution in [0.3, 0.4) is 0 Å². The van der Waals surface area contributed by atoms with Gasteiger partial charge < -0.3 is 9.84 Å². The monoisotopic (exact) mass is 194 g/mol. The molecule has 78 valence electrons. The molecule has 0 amide bonds. The zero-order valence-electron chi connectivity index (χ0n) is 8.70. The van der Waals surface area contributed by atoms with Crippen LogP contribution in [0.4, 0.5) is 0 Å². The third-order valence-electron chi connectivity index (χ3n) is 3.68. The number of fused-ring (bicyclic) bond motifs is 3. The van der Waals surface area contributed by atoms with Crippen LogP contribution in [0.5, 0.6) is 0 Å².